The number of benzene rings is 2. The van der Waals surface area contributed by atoms with Crippen LogP contribution in [0, 0.1) is 0 Å². The van der Waals surface area contributed by atoms with Gasteiger partial charge in [-0.1, -0.05) is 50.2 Å². The van der Waals surface area contributed by atoms with Crippen LogP contribution in [0.1, 0.15) is 25.0 Å². The molecule has 0 heterocycles. The number of hydrogen-bond donors (Lipinski definition) is 1. The molecule has 2 rings (SSSR count). The lowest BCUT2D eigenvalue weighted by molar-refractivity contribution is 0.299. The zero-order chi connectivity index (χ0) is 15.1. The summed E-state index contributed by atoms with van der Waals surface area (Å²) >= 11 is 0. The summed E-state index contributed by atoms with van der Waals surface area (Å²) in [6, 6.07) is 16.6. The summed E-state index contributed by atoms with van der Waals surface area (Å²) in [5.41, 5.74) is 2.29. The van der Waals surface area contributed by atoms with Gasteiger partial charge >= 0.3 is 0 Å². The van der Waals surface area contributed by atoms with Crippen LogP contribution in [-0.2, 0) is 13.2 Å². The first-order valence-corrected chi connectivity index (χ1v) is 7.26. The highest BCUT2D eigenvalue weighted by Gasteiger charge is 2.07. The van der Waals surface area contributed by atoms with Gasteiger partial charge in [-0.3, -0.25) is 0 Å². The molecule has 0 radical (unpaired) electrons. The van der Waals surface area contributed by atoms with Crippen LogP contribution in [-0.4, -0.2) is 13.2 Å². The number of nitrogens with one attached hydrogen (secondary N) is 1. The van der Waals surface area contributed by atoms with Crippen molar-refractivity contribution in [3.63, 3.8) is 0 Å². The van der Waals surface area contributed by atoms with E-state index in [1.165, 1.54) is 0 Å². The first-order valence-electron chi connectivity index (χ1n) is 7.26. The molecule has 1 N–H and O–H groups in total. The van der Waals surface area contributed by atoms with Gasteiger partial charge in [-0.25, -0.2) is 0 Å². The Bertz CT molecular complexity index is 552. The van der Waals surface area contributed by atoms with E-state index in [2.05, 4.69) is 37.4 Å². The molecule has 2 aromatic carbocycles. The van der Waals surface area contributed by atoms with Crippen molar-refractivity contribution in [1.29, 1.82) is 0 Å². The van der Waals surface area contributed by atoms with E-state index in [1.54, 1.807) is 7.11 Å². The van der Waals surface area contributed by atoms with Crippen LogP contribution in [0.25, 0.3) is 0 Å². The second kappa shape index (κ2) is 7.70. The van der Waals surface area contributed by atoms with Crippen LogP contribution in [0.4, 0.5) is 0 Å². The van der Waals surface area contributed by atoms with Crippen molar-refractivity contribution < 1.29 is 9.47 Å². The van der Waals surface area contributed by atoms with Crippen molar-refractivity contribution >= 4 is 0 Å². The number of ether oxygens (including phenoxy) is 2. The van der Waals surface area contributed by atoms with Crippen molar-refractivity contribution in [3.05, 3.63) is 59.7 Å². The minimum atomic E-state index is 0.439. The molecule has 0 aliphatic heterocycles. The Kier molecular flexibility index (Phi) is 5.64. The van der Waals surface area contributed by atoms with Gasteiger partial charge in [0.15, 0.2) is 0 Å². The maximum Gasteiger partial charge on any atom is 0.127 e. The zero-order valence-corrected chi connectivity index (χ0v) is 12.9. The normalized spacial score (nSPS) is 10.7. The SMILES string of the molecule is COc1ccc(CNC(C)C)c(OCc2ccccc2)c1. The summed E-state index contributed by atoms with van der Waals surface area (Å²) in [6.45, 7) is 5.61. The topological polar surface area (TPSA) is 30.5 Å². The Morgan fingerprint density at radius 1 is 1.05 bits per heavy atom. The van der Waals surface area contributed by atoms with Crippen LogP contribution in [0.15, 0.2) is 48.5 Å². The lowest BCUT2D eigenvalue weighted by Crippen LogP contribution is -2.22. The molecule has 2 aromatic rings. The standard InChI is InChI=1S/C18H23NO2/c1-14(2)19-12-16-9-10-17(20-3)11-18(16)21-13-15-7-5-4-6-8-15/h4-11,14,19H,12-13H2,1-3H3. The van der Waals surface area contributed by atoms with E-state index in [4.69, 9.17) is 9.47 Å². The van der Waals surface area contributed by atoms with Crippen LogP contribution < -0.4 is 14.8 Å². The van der Waals surface area contributed by atoms with Gasteiger partial charge in [-0.05, 0) is 11.6 Å². The first-order chi connectivity index (χ1) is 10.2. The molecular formula is C18H23NO2. The Balaban J connectivity index is 2.10. The van der Waals surface area contributed by atoms with Gasteiger partial charge < -0.3 is 14.8 Å². The van der Waals surface area contributed by atoms with E-state index in [-0.39, 0.29) is 0 Å². The van der Waals surface area contributed by atoms with Crippen molar-refractivity contribution in [2.75, 3.05) is 7.11 Å². The van der Waals surface area contributed by atoms with Gasteiger partial charge in [-0.2, -0.15) is 0 Å². The molecule has 0 aliphatic carbocycles. The summed E-state index contributed by atoms with van der Waals surface area (Å²) < 4.78 is 11.3. The van der Waals surface area contributed by atoms with E-state index >= 15 is 0 Å². The third-order valence-electron chi connectivity index (χ3n) is 3.21. The van der Waals surface area contributed by atoms with Crippen molar-refractivity contribution in [1.82, 2.24) is 5.32 Å². The summed E-state index contributed by atoms with van der Waals surface area (Å²) in [5.74, 6) is 1.68. The molecule has 0 saturated carbocycles. The molecule has 0 amide bonds. The number of methoxy groups -OCH3 is 1. The van der Waals surface area contributed by atoms with Gasteiger partial charge in [0.2, 0.25) is 0 Å². The highest BCUT2D eigenvalue weighted by atomic mass is 16.5. The minimum Gasteiger partial charge on any atom is -0.497 e. The Labute approximate surface area is 126 Å². The maximum absolute atomic E-state index is 5.98. The third kappa shape index (κ3) is 4.80. The van der Waals surface area contributed by atoms with Gasteiger partial charge in [0.05, 0.1) is 7.11 Å². The van der Waals surface area contributed by atoms with Crippen LogP contribution in [0.5, 0.6) is 11.5 Å². The molecule has 0 aliphatic rings. The summed E-state index contributed by atoms with van der Waals surface area (Å²) in [7, 11) is 1.67. The fraction of sp³-hybridized carbons (Fsp3) is 0.333. The summed E-state index contributed by atoms with van der Waals surface area (Å²) in [6.07, 6.45) is 0. The third-order valence-corrected chi connectivity index (χ3v) is 3.21. The monoisotopic (exact) mass is 285 g/mol. The van der Waals surface area contributed by atoms with Crippen molar-refractivity contribution in [3.8, 4) is 11.5 Å². The zero-order valence-electron chi connectivity index (χ0n) is 12.9. The van der Waals surface area contributed by atoms with E-state index in [1.807, 2.05) is 30.3 Å². The maximum atomic E-state index is 5.98. The van der Waals surface area contributed by atoms with Crippen molar-refractivity contribution in [2.45, 2.75) is 33.0 Å². The second-order valence-electron chi connectivity index (χ2n) is 5.28. The molecule has 0 saturated heterocycles. The average Bonchev–Trinajstić information content (AvgIpc) is 2.52. The predicted octanol–water partition coefficient (Wildman–Crippen LogP) is 3.77. The first kappa shape index (κ1) is 15.4. The van der Waals surface area contributed by atoms with Gasteiger partial charge in [-0.15, -0.1) is 0 Å². The highest BCUT2D eigenvalue weighted by Crippen LogP contribution is 2.25. The van der Waals surface area contributed by atoms with Gasteiger partial charge in [0.25, 0.3) is 0 Å². The van der Waals surface area contributed by atoms with E-state index in [0.717, 1.165) is 29.2 Å². The molecule has 3 heteroatoms. The van der Waals surface area contributed by atoms with Crippen LogP contribution in [0.3, 0.4) is 0 Å². The van der Waals surface area contributed by atoms with E-state index < -0.39 is 0 Å². The molecule has 0 atom stereocenters. The molecule has 0 fully saturated rings. The highest BCUT2D eigenvalue weighted by molar-refractivity contribution is 5.41. The summed E-state index contributed by atoms with van der Waals surface area (Å²) in [5, 5.41) is 3.42. The molecular weight excluding hydrogens is 262 g/mol. The predicted molar refractivity (Wildman–Crippen MR) is 85.7 cm³/mol. The van der Waals surface area contributed by atoms with E-state index in [9.17, 15) is 0 Å². The molecule has 3 nitrogen and oxygen atoms in total. The Hall–Kier alpha value is -2.00. The molecule has 21 heavy (non-hydrogen) atoms. The number of hydrogen-bond acceptors (Lipinski definition) is 3. The lowest BCUT2D eigenvalue weighted by atomic mass is 10.1. The average molecular weight is 285 g/mol. The fourth-order valence-corrected chi connectivity index (χ4v) is 1.99. The van der Waals surface area contributed by atoms with Gasteiger partial charge in [0, 0.05) is 24.2 Å². The summed E-state index contributed by atoms with van der Waals surface area (Å²) in [4.78, 5) is 0. The largest absolute Gasteiger partial charge is 0.497 e. The molecule has 0 spiro atoms. The smallest absolute Gasteiger partial charge is 0.127 e. The lowest BCUT2D eigenvalue weighted by Gasteiger charge is -2.15. The number of rotatable bonds is 7. The fourth-order valence-electron chi connectivity index (χ4n) is 1.99. The Morgan fingerprint density at radius 3 is 2.48 bits per heavy atom. The van der Waals surface area contributed by atoms with Crippen molar-refractivity contribution in [2.24, 2.45) is 0 Å². The minimum absolute atomic E-state index is 0.439. The van der Waals surface area contributed by atoms with Gasteiger partial charge in [0.1, 0.15) is 18.1 Å². The molecule has 0 unspecified atom stereocenters. The van der Waals surface area contributed by atoms with Crippen LogP contribution >= 0.6 is 0 Å². The van der Waals surface area contributed by atoms with E-state index in [0.29, 0.717) is 12.6 Å². The quantitative estimate of drug-likeness (QED) is 0.840. The second-order valence-corrected chi connectivity index (χ2v) is 5.28. The Morgan fingerprint density at radius 2 is 1.81 bits per heavy atom. The molecule has 0 aromatic heterocycles. The molecule has 0 bridgehead atoms. The van der Waals surface area contributed by atoms with Crippen LogP contribution in [0.2, 0.25) is 0 Å². The molecule has 112 valence electrons.